The molecule has 1 atom stereocenters. The predicted molar refractivity (Wildman–Crippen MR) is 68.4 cm³/mol. The van der Waals surface area contributed by atoms with Gasteiger partial charge in [0.2, 0.25) is 11.8 Å². The van der Waals surface area contributed by atoms with Crippen LogP contribution in [0, 0.1) is 5.92 Å². The van der Waals surface area contributed by atoms with E-state index in [0.717, 1.165) is 12.8 Å². The van der Waals surface area contributed by atoms with Crippen LogP contribution in [0.4, 0.5) is 0 Å². The van der Waals surface area contributed by atoms with E-state index in [1.165, 1.54) is 0 Å². The lowest BCUT2D eigenvalue weighted by atomic mass is 10.1. The highest BCUT2D eigenvalue weighted by Gasteiger charge is 2.06. The molecule has 0 aromatic rings. The van der Waals surface area contributed by atoms with E-state index in [1.807, 2.05) is 13.8 Å². The van der Waals surface area contributed by atoms with Gasteiger partial charge in [-0.15, -0.1) is 0 Å². The van der Waals surface area contributed by atoms with Gasteiger partial charge in [0.15, 0.2) is 0 Å². The van der Waals surface area contributed by atoms with Gasteiger partial charge in [0.05, 0.1) is 0 Å². The Morgan fingerprint density at radius 1 is 1.12 bits per heavy atom. The molecular weight excluding hydrogens is 218 g/mol. The van der Waals surface area contributed by atoms with Crippen LogP contribution in [0.1, 0.15) is 39.5 Å². The fourth-order valence-corrected chi connectivity index (χ4v) is 1.25. The zero-order valence-electron chi connectivity index (χ0n) is 10.9. The fourth-order valence-electron chi connectivity index (χ4n) is 1.25. The number of rotatable bonds is 9. The number of hydrogen-bond donors (Lipinski definition) is 3. The van der Waals surface area contributed by atoms with E-state index < -0.39 is 0 Å². The lowest BCUT2D eigenvalue weighted by Gasteiger charge is -2.08. The van der Waals surface area contributed by atoms with Gasteiger partial charge in [-0.05, 0) is 25.3 Å². The van der Waals surface area contributed by atoms with Crippen molar-refractivity contribution in [2.45, 2.75) is 39.5 Å². The molecule has 2 amide bonds. The van der Waals surface area contributed by atoms with Gasteiger partial charge in [0, 0.05) is 25.9 Å². The zero-order valence-corrected chi connectivity index (χ0v) is 10.9. The monoisotopic (exact) mass is 243 g/mol. The summed E-state index contributed by atoms with van der Waals surface area (Å²) in [6.45, 7) is 5.73. The number of nitrogens with one attached hydrogen (secondary N) is 2. The third kappa shape index (κ3) is 9.81. The number of amides is 2. The Hall–Kier alpha value is -1.10. The fraction of sp³-hybridized carbons (Fsp3) is 0.833. The number of carbonyl (C=O) groups is 2. The number of carbonyl (C=O) groups excluding carboxylic acids is 2. The molecule has 0 radical (unpaired) electrons. The van der Waals surface area contributed by atoms with Crippen LogP contribution in [0.3, 0.4) is 0 Å². The van der Waals surface area contributed by atoms with Crippen LogP contribution in [0.15, 0.2) is 0 Å². The minimum Gasteiger partial charge on any atom is -0.356 e. The van der Waals surface area contributed by atoms with Crippen molar-refractivity contribution in [2.75, 3.05) is 19.6 Å². The molecule has 0 aliphatic rings. The summed E-state index contributed by atoms with van der Waals surface area (Å²) in [7, 11) is 0. The summed E-state index contributed by atoms with van der Waals surface area (Å²) >= 11 is 0. The average molecular weight is 243 g/mol. The summed E-state index contributed by atoms with van der Waals surface area (Å²) in [5, 5.41) is 5.49. The molecule has 0 saturated heterocycles. The number of hydrogen-bond acceptors (Lipinski definition) is 3. The Morgan fingerprint density at radius 2 is 1.71 bits per heavy atom. The van der Waals surface area contributed by atoms with E-state index >= 15 is 0 Å². The van der Waals surface area contributed by atoms with E-state index in [4.69, 9.17) is 5.73 Å². The molecule has 0 aromatic carbocycles. The van der Waals surface area contributed by atoms with E-state index in [0.29, 0.717) is 38.4 Å². The molecule has 0 spiro atoms. The van der Waals surface area contributed by atoms with Crippen molar-refractivity contribution in [3.05, 3.63) is 0 Å². The highest BCUT2D eigenvalue weighted by Crippen LogP contribution is 2.02. The van der Waals surface area contributed by atoms with E-state index in [9.17, 15) is 9.59 Å². The van der Waals surface area contributed by atoms with Crippen molar-refractivity contribution >= 4 is 11.8 Å². The second kappa shape index (κ2) is 10.1. The van der Waals surface area contributed by atoms with Gasteiger partial charge in [0.1, 0.15) is 0 Å². The molecule has 0 aliphatic heterocycles. The van der Waals surface area contributed by atoms with Crippen LogP contribution >= 0.6 is 0 Å². The zero-order chi connectivity index (χ0) is 13.1. The molecule has 0 aromatic heterocycles. The first kappa shape index (κ1) is 15.9. The van der Waals surface area contributed by atoms with Gasteiger partial charge in [-0.3, -0.25) is 9.59 Å². The maximum Gasteiger partial charge on any atom is 0.221 e. The van der Waals surface area contributed by atoms with Crippen molar-refractivity contribution in [2.24, 2.45) is 11.7 Å². The first-order valence-electron chi connectivity index (χ1n) is 6.33. The quantitative estimate of drug-likeness (QED) is 0.548. The lowest BCUT2D eigenvalue weighted by molar-refractivity contribution is -0.122. The molecule has 17 heavy (non-hydrogen) atoms. The van der Waals surface area contributed by atoms with Gasteiger partial charge in [-0.1, -0.05) is 13.8 Å². The third-order valence-corrected chi connectivity index (χ3v) is 2.51. The molecular formula is C12H25N3O2. The summed E-state index contributed by atoms with van der Waals surface area (Å²) in [5.74, 6) is 0.352. The molecule has 5 heteroatoms. The van der Waals surface area contributed by atoms with Gasteiger partial charge in [-0.2, -0.15) is 0 Å². The lowest BCUT2D eigenvalue weighted by Crippen LogP contribution is -2.31. The van der Waals surface area contributed by atoms with Crippen LogP contribution in [0.2, 0.25) is 0 Å². The minimum absolute atomic E-state index is 0.00593. The second-order valence-electron chi connectivity index (χ2n) is 4.33. The van der Waals surface area contributed by atoms with Crippen LogP contribution < -0.4 is 16.4 Å². The Kier molecular flexibility index (Phi) is 9.43. The first-order chi connectivity index (χ1) is 8.10. The molecule has 4 N–H and O–H groups in total. The largest absolute Gasteiger partial charge is 0.356 e. The topological polar surface area (TPSA) is 84.2 Å². The first-order valence-corrected chi connectivity index (χ1v) is 6.33. The SMILES string of the molecule is CCCNC(=O)CCNC(=O)CCC(C)CN. The normalized spacial score (nSPS) is 11.9. The van der Waals surface area contributed by atoms with Gasteiger partial charge in [-0.25, -0.2) is 0 Å². The van der Waals surface area contributed by atoms with E-state index in [1.54, 1.807) is 0 Å². The molecule has 0 aliphatic carbocycles. The van der Waals surface area contributed by atoms with Crippen molar-refractivity contribution in [1.82, 2.24) is 10.6 Å². The third-order valence-electron chi connectivity index (χ3n) is 2.51. The van der Waals surface area contributed by atoms with Gasteiger partial charge < -0.3 is 16.4 Å². The Balaban J connectivity index is 3.47. The van der Waals surface area contributed by atoms with Crippen molar-refractivity contribution in [3.63, 3.8) is 0 Å². The Morgan fingerprint density at radius 3 is 2.29 bits per heavy atom. The molecule has 0 saturated carbocycles. The van der Waals surface area contributed by atoms with E-state index in [-0.39, 0.29) is 11.8 Å². The molecule has 5 nitrogen and oxygen atoms in total. The highest BCUT2D eigenvalue weighted by molar-refractivity contribution is 5.78. The number of nitrogens with two attached hydrogens (primary N) is 1. The standard InChI is InChI=1S/C12H25N3O2/c1-3-7-14-12(17)6-8-15-11(16)5-4-10(2)9-13/h10H,3-9,13H2,1-2H3,(H,14,17)(H,15,16). The Labute approximate surface area is 104 Å². The van der Waals surface area contributed by atoms with Crippen molar-refractivity contribution in [3.8, 4) is 0 Å². The second-order valence-corrected chi connectivity index (χ2v) is 4.33. The highest BCUT2D eigenvalue weighted by atomic mass is 16.2. The minimum atomic E-state index is -0.0116. The van der Waals surface area contributed by atoms with Crippen LogP contribution in [0.5, 0.6) is 0 Å². The molecule has 0 bridgehead atoms. The molecule has 100 valence electrons. The Bertz CT molecular complexity index is 232. The predicted octanol–water partition coefficient (Wildman–Crippen LogP) is 0.394. The summed E-state index contributed by atoms with van der Waals surface area (Å²) in [6.07, 6.45) is 2.55. The van der Waals surface area contributed by atoms with E-state index in [2.05, 4.69) is 10.6 Å². The molecule has 1 unspecified atom stereocenters. The molecule has 0 rings (SSSR count). The summed E-state index contributed by atoms with van der Waals surface area (Å²) in [5.41, 5.74) is 5.46. The van der Waals surface area contributed by atoms with Crippen LogP contribution in [0.25, 0.3) is 0 Å². The summed E-state index contributed by atoms with van der Waals surface area (Å²) in [6, 6.07) is 0. The smallest absolute Gasteiger partial charge is 0.221 e. The van der Waals surface area contributed by atoms with Crippen molar-refractivity contribution < 1.29 is 9.59 Å². The maximum absolute atomic E-state index is 11.4. The average Bonchev–Trinajstić information content (AvgIpc) is 2.33. The maximum atomic E-state index is 11.4. The molecule has 0 heterocycles. The van der Waals surface area contributed by atoms with Gasteiger partial charge in [0.25, 0.3) is 0 Å². The van der Waals surface area contributed by atoms with Crippen LogP contribution in [-0.2, 0) is 9.59 Å². The van der Waals surface area contributed by atoms with Crippen molar-refractivity contribution in [1.29, 1.82) is 0 Å². The van der Waals surface area contributed by atoms with Crippen LogP contribution in [-0.4, -0.2) is 31.4 Å². The van der Waals surface area contributed by atoms with Gasteiger partial charge >= 0.3 is 0 Å². The molecule has 0 fully saturated rings. The summed E-state index contributed by atoms with van der Waals surface area (Å²) in [4.78, 5) is 22.6. The summed E-state index contributed by atoms with van der Waals surface area (Å²) < 4.78 is 0.